The number of rotatable bonds is 17. The van der Waals surface area contributed by atoms with Gasteiger partial charge in [0, 0.05) is 25.6 Å². The molecular formula is C34H45N5O8S2. The van der Waals surface area contributed by atoms with Gasteiger partial charge < -0.3 is 25.2 Å². The lowest BCUT2D eigenvalue weighted by molar-refractivity contribution is -0.129. The molecule has 4 amide bonds. The van der Waals surface area contributed by atoms with Gasteiger partial charge in [-0.2, -0.15) is 4.31 Å². The summed E-state index contributed by atoms with van der Waals surface area (Å²) in [6.07, 6.45) is -1.19. The largest absolute Gasteiger partial charge is 0.508 e. The number of hydrogen-bond acceptors (Lipinski definition) is 10. The van der Waals surface area contributed by atoms with E-state index in [4.69, 9.17) is 4.74 Å². The number of carbonyl (C=O) groups is 3. The number of imide groups is 1. The Balaban J connectivity index is 1.57. The highest BCUT2D eigenvalue weighted by Gasteiger charge is 2.44. The first-order chi connectivity index (χ1) is 23.2. The van der Waals surface area contributed by atoms with Gasteiger partial charge in [0.2, 0.25) is 15.9 Å². The molecule has 0 radical (unpaired) electrons. The Hall–Kier alpha value is -3.89. The zero-order chi connectivity index (χ0) is 35.9. The van der Waals surface area contributed by atoms with E-state index >= 15 is 0 Å². The predicted octanol–water partition coefficient (Wildman–Crippen LogP) is 3.22. The molecule has 3 aromatic rings. The second kappa shape index (κ2) is 16.7. The Labute approximate surface area is 291 Å². The predicted molar refractivity (Wildman–Crippen MR) is 184 cm³/mol. The van der Waals surface area contributed by atoms with Crippen LogP contribution in [0.2, 0.25) is 0 Å². The maximum absolute atomic E-state index is 14.1. The van der Waals surface area contributed by atoms with E-state index in [1.54, 1.807) is 26.3 Å². The summed E-state index contributed by atoms with van der Waals surface area (Å²) in [6.45, 7) is 6.95. The third-order valence-corrected chi connectivity index (χ3v) is 10.7. The number of thiazole rings is 1. The van der Waals surface area contributed by atoms with Crippen molar-refractivity contribution < 1.29 is 37.8 Å². The number of phenols is 1. The number of carbonyl (C=O) groups excluding carboxylic acids is 3. The number of methoxy groups -OCH3 is 1. The third-order valence-electron chi connectivity index (χ3n) is 8.03. The van der Waals surface area contributed by atoms with E-state index in [0.29, 0.717) is 17.3 Å². The monoisotopic (exact) mass is 715 g/mol. The number of ether oxygens (including phenoxy) is 1. The molecule has 13 nitrogen and oxygen atoms in total. The summed E-state index contributed by atoms with van der Waals surface area (Å²) in [5.74, 6) is -1.63. The Morgan fingerprint density at radius 1 is 1.06 bits per heavy atom. The molecule has 266 valence electrons. The van der Waals surface area contributed by atoms with Crippen molar-refractivity contribution in [1.82, 2.24) is 24.4 Å². The highest BCUT2D eigenvalue weighted by atomic mass is 32.2. The molecule has 1 aliphatic heterocycles. The number of urea groups is 1. The zero-order valence-corrected chi connectivity index (χ0v) is 30.0. The van der Waals surface area contributed by atoms with Gasteiger partial charge in [-0.25, -0.2) is 18.2 Å². The number of aliphatic hydroxyl groups excluding tert-OH is 1. The van der Waals surface area contributed by atoms with Gasteiger partial charge in [0.15, 0.2) is 0 Å². The fourth-order valence-electron chi connectivity index (χ4n) is 5.71. The minimum absolute atomic E-state index is 0.0443. The van der Waals surface area contributed by atoms with Gasteiger partial charge in [-0.3, -0.25) is 14.5 Å². The van der Waals surface area contributed by atoms with E-state index in [-0.39, 0.29) is 49.2 Å². The number of sulfonamides is 1. The summed E-state index contributed by atoms with van der Waals surface area (Å²) in [7, 11) is -2.54. The van der Waals surface area contributed by atoms with Crippen molar-refractivity contribution in [2.45, 2.75) is 70.4 Å². The highest BCUT2D eigenvalue weighted by Crippen LogP contribution is 2.24. The summed E-state index contributed by atoms with van der Waals surface area (Å²) in [4.78, 5) is 47.4. The van der Waals surface area contributed by atoms with Gasteiger partial charge >= 0.3 is 6.03 Å². The van der Waals surface area contributed by atoms with Crippen molar-refractivity contribution in [1.29, 1.82) is 0 Å². The summed E-state index contributed by atoms with van der Waals surface area (Å²) in [6, 6.07) is 11.7. The quantitative estimate of drug-likeness (QED) is 0.178. The van der Waals surface area contributed by atoms with Gasteiger partial charge in [-0.05, 0) is 48.1 Å². The van der Waals surface area contributed by atoms with E-state index < -0.39 is 52.0 Å². The van der Waals surface area contributed by atoms with Crippen molar-refractivity contribution in [3.8, 4) is 5.75 Å². The number of phenolic OH excluding ortho intramolecular Hbond substituents is 1. The first-order valence-corrected chi connectivity index (χ1v) is 18.4. The molecule has 0 spiro atoms. The minimum Gasteiger partial charge on any atom is -0.508 e. The number of hydrogen-bond donors (Lipinski definition) is 3. The van der Waals surface area contributed by atoms with Crippen molar-refractivity contribution in [2.75, 3.05) is 26.7 Å². The molecule has 49 heavy (non-hydrogen) atoms. The van der Waals surface area contributed by atoms with E-state index in [2.05, 4.69) is 10.3 Å². The number of aliphatic hydroxyl groups is 1. The molecule has 0 bridgehead atoms. The van der Waals surface area contributed by atoms with Gasteiger partial charge in [-0.1, -0.05) is 58.0 Å². The van der Waals surface area contributed by atoms with Crippen molar-refractivity contribution in [3.05, 3.63) is 76.2 Å². The summed E-state index contributed by atoms with van der Waals surface area (Å²) < 4.78 is 33.7. The van der Waals surface area contributed by atoms with Crippen LogP contribution in [-0.2, 0) is 43.9 Å². The van der Waals surface area contributed by atoms with Gasteiger partial charge in [0.1, 0.15) is 23.3 Å². The second-order valence-electron chi connectivity index (χ2n) is 12.8. The fourth-order valence-corrected chi connectivity index (χ4v) is 8.09. The summed E-state index contributed by atoms with van der Waals surface area (Å²) >= 11 is 1.36. The van der Waals surface area contributed by atoms with Crippen LogP contribution in [-0.4, -0.2) is 100 Å². The summed E-state index contributed by atoms with van der Waals surface area (Å²) in [5.41, 5.74) is 1.32. The second-order valence-corrected chi connectivity index (χ2v) is 15.7. The van der Waals surface area contributed by atoms with Crippen LogP contribution < -0.4 is 5.32 Å². The molecule has 1 fully saturated rings. The first-order valence-electron chi connectivity index (χ1n) is 16.1. The van der Waals surface area contributed by atoms with Crippen LogP contribution in [0.5, 0.6) is 5.75 Å². The number of nitrogens with zero attached hydrogens (tertiary/aromatic N) is 4. The molecule has 15 heteroatoms. The maximum Gasteiger partial charge on any atom is 0.328 e. The molecule has 1 saturated heterocycles. The van der Waals surface area contributed by atoms with Gasteiger partial charge in [0.05, 0.1) is 35.9 Å². The molecule has 2 heterocycles. The normalized spacial score (nSPS) is 15.8. The number of amides is 4. The Morgan fingerprint density at radius 2 is 1.73 bits per heavy atom. The van der Waals surface area contributed by atoms with Crippen molar-refractivity contribution in [2.24, 2.45) is 11.8 Å². The van der Waals surface area contributed by atoms with Crippen molar-refractivity contribution in [3.63, 3.8) is 0 Å². The Bertz CT molecular complexity index is 1680. The minimum atomic E-state index is -4.09. The standard InChI is InChI=1S/C34H45N5O8S2/c1-22(2)16-37(49(45,46)27-13-11-26(40)12-14-27)18-29(41)28(15-24-9-7-6-8-10-24)36-33(43)32(23(3)4)39-19-31(42)38(34(39)44)17-25-21-48-30(35-25)20-47-5/h6-14,21-23,28-29,32,40-41H,15-20H2,1-5H3,(H,36,43)/t28-,29+,32?/m0/s1. The van der Waals surface area contributed by atoms with E-state index in [9.17, 15) is 33.0 Å². The lowest BCUT2D eigenvalue weighted by Crippen LogP contribution is -2.57. The third kappa shape index (κ3) is 9.63. The lowest BCUT2D eigenvalue weighted by atomic mass is 9.97. The van der Waals surface area contributed by atoms with Crippen LogP contribution in [0, 0.1) is 11.8 Å². The smallest absolute Gasteiger partial charge is 0.328 e. The van der Waals surface area contributed by atoms with Crippen LogP contribution in [0.15, 0.2) is 64.9 Å². The topological polar surface area (TPSA) is 170 Å². The fraction of sp³-hybridized carbons (Fsp3) is 0.471. The first kappa shape index (κ1) is 37.9. The lowest BCUT2D eigenvalue weighted by Gasteiger charge is -2.34. The number of aromatic nitrogens is 1. The Morgan fingerprint density at radius 3 is 2.35 bits per heavy atom. The number of nitrogens with one attached hydrogen (secondary N) is 1. The highest BCUT2D eigenvalue weighted by molar-refractivity contribution is 7.89. The molecular weight excluding hydrogens is 671 g/mol. The van der Waals surface area contributed by atoms with Gasteiger partial charge in [0.25, 0.3) is 5.91 Å². The van der Waals surface area contributed by atoms with Crippen LogP contribution in [0.25, 0.3) is 0 Å². The molecule has 4 rings (SSSR count). The Kier molecular flexibility index (Phi) is 12.9. The van der Waals surface area contributed by atoms with Crippen molar-refractivity contribution >= 4 is 39.2 Å². The summed E-state index contributed by atoms with van der Waals surface area (Å²) in [5, 5.41) is 26.7. The zero-order valence-electron chi connectivity index (χ0n) is 28.4. The average Bonchev–Trinajstić information content (AvgIpc) is 3.60. The van der Waals surface area contributed by atoms with Crippen LogP contribution in [0.3, 0.4) is 0 Å². The molecule has 1 aromatic heterocycles. The number of benzene rings is 2. The van der Waals surface area contributed by atoms with E-state index in [1.807, 2.05) is 44.2 Å². The molecule has 3 N–H and O–H groups in total. The van der Waals surface area contributed by atoms with E-state index in [1.165, 1.54) is 44.8 Å². The molecule has 0 aliphatic carbocycles. The molecule has 0 saturated carbocycles. The molecule has 3 atom stereocenters. The molecule has 2 aromatic carbocycles. The van der Waals surface area contributed by atoms with Crippen LogP contribution in [0.4, 0.5) is 4.79 Å². The van der Waals surface area contributed by atoms with Crippen LogP contribution in [0.1, 0.15) is 44.0 Å². The van der Waals surface area contributed by atoms with Gasteiger partial charge in [-0.15, -0.1) is 11.3 Å². The van der Waals surface area contributed by atoms with E-state index in [0.717, 1.165) is 10.5 Å². The van der Waals surface area contributed by atoms with Crippen LogP contribution >= 0.6 is 11.3 Å². The average molecular weight is 716 g/mol. The number of aromatic hydroxyl groups is 1. The SMILES string of the molecule is COCc1nc(CN2C(=O)CN(C(C(=O)N[C@@H](Cc3ccccc3)[C@H](O)CN(CC(C)C)S(=O)(=O)c3ccc(O)cc3)C(C)C)C2=O)cs1. The molecule has 1 aliphatic rings. The maximum atomic E-state index is 14.1. The molecule has 1 unspecified atom stereocenters.